The molecule has 0 saturated carbocycles. The van der Waals surface area contributed by atoms with Crippen molar-refractivity contribution in [1.82, 2.24) is 9.99 Å². The predicted molar refractivity (Wildman–Crippen MR) is 111 cm³/mol. The molecule has 2 aromatic carbocycles. The van der Waals surface area contributed by atoms with Crippen molar-refractivity contribution in [2.45, 2.75) is 27.7 Å². The zero-order valence-corrected chi connectivity index (χ0v) is 16.6. The third-order valence-corrected chi connectivity index (χ3v) is 4.86. The second kappa shape index (κ2) is 7.80. The van der Waals surface area contributed by atoms with Gasteiger partial charge in [0.1, 0.15) is 0 Å². The zero-order chi connectivity index (χ0) is 19.6. The van der Waals surface area contributed by atoms with Gasteiger partial charge in [0, 0.05) is 27.5 Å². The van der Waals surface area contributed by atoms with Crippen LogP contribution < -0.4 is 5.43 Å². The number of amides is 1. The van der Waals surface area contributed by atoms with Crippen LogP contribution >= 0.6 is 11.6 Å². The molecule has 0 aliphatic rings. The van der Waals surface area contributed by atoms with Crippen molar-refractivity contribution in [3.05, 3.63) is 87.2 Å². The fraction of sp³-hybridized carbons (Fsp3) is 0.182. The molecule has 4 nitrogen and oxygen atoms in total. The third kappa shape index (κ3) is 3.96. The second-order valence-electron chi connectivity index (χ2n) is 6.61. The molecule has 0 atom stereocenters. The lowest BCUT2D eigenvalue weighted by Crippen LogP contribution is -2.17. The average molecular weight is 380 g/mol. The monoisotopic (exact) mass is 379 g/mol. The Morgan fingerprint density at radius 3 is 2.30 bits per heavy atom. The molecule has 0 aliphatic heterocycles. The van der Waals surface area contributed by atoms with Gasteiger partial charge in [0.2, 0.25) is 0 Å². The Hall–Kier alpha value is -2.85. The average Bonchev–Trinajstić information content (AvgIpc) is 2.90. The molecule has 5 heteroatoms. The van der Waals surface area contributed by atoms with Crippen LogP contribution in [0.1, 0.15) is 38.4 Å². The fourth-order valence-corrected chi connectivity index (χ4v) is 3.37. The standard InChI is InChI=1S/C22H22ClN3O/c1-14-6-5-7-15(2)21(14)26-16(3)12-19(17(26)4)13-24-25-22(27)18-8-10-20(23)11-9-18/h5-13H,1-4H3,(H,25,27)/b24-13+. The van der Waals surface area contributed by atoms with E-state index >= 15 is 0 Å². The molecule has 1 aromatic heterocycles. The molecule has 3 aromatic rings. The molecule has 138 valence electrons. The molecule has 1 N–H and O–H groups in total. The lowest BCUT2D eigenvalue weighted by molar-refractivity contribution is 0.0955. The summed E-state index contributed by atoms with van der Waals surface area (Å²) < 4.78 is 2.23. The van der Waals surface area contributed by atoms with E-state index in [0.29, 0.717) is 10.6 Å². The first-order chi connectivity index (χ1) is 12.9. The van der Waals surface area contributed by atoms with Crippen LogP contribution in [0.25, 0.3) is 5.69 Å². The van der Waals surface area contributed by atoms with Crippen molar-refractivity contribution in [3.63, 3.8) is 0 Å². The van der Waals surface area contributed by atoms with E-state index in [-0.39, 0.29) is 5.91 Å². The number of hydrogen-bond donors (Lipinski definition) is 1. The van der Waals surface area contributed by atoms with Crippen LogP contribution in [0.2, 0.25) is 5.02 Å². The Bertz CT molecular complexity index is 997. The van der Waals surface area contributed by atoms with E-state index in [9.17, 15) is 4.79 Å². The molecule has 0 saturated heterocycles. The lowest BCUT2D eigenvalue weighted by atomic mass is 10.1. The predicted octanol–water partition coefficient (Wildman–Crippen LogP) is 5.13. The summed E-state index contributed by atoms with van der Waals surface area (Å²) in [5.41, 5.74) is 9.87. The summed E-state index contributed by atoms with van der Waals surface area (Å²) in [6.07, 6.45) is 1.68. The molecule has 0 bridgehead atoms. The molecule has 0 unspecified atom stereocenters. The Kier molecular flexibility index (Phi) is 5.47. The van der Waals surface area contributed by atoms with Gasteiger partial charge in [0.15, 0.2) is 0 Å². The summed E-state index contributed by atoms with van der Waals surface area (Å²) in [6, 6.07) is 15.1. The Balaban J connectivity index is 1.83. The number of para-hydroxylation sites is 1. The van der Waals surface area contributed by atoms with Gasteiger partial charge < -0.3 is 4.57 Å². The van der Waals surface area contributed by atoms with Crippen LogP contribution in [0, 0.1) is 27.7 Å². The highest BCUT2D eigenvalue weighted by Gasteiger charge is 2.13. The van der Waals surface area contributed by atoms with Gasteiger partial charge in [-0.15, -0.1) is 0 Å². The normalized spacial score (nSPS) is 11.1. The SMILES string of the molecule is Cc1cccc(C)c1-n1c(C)cc(/C=N/NC(=O)c2ccc(Cl)cc2)c1C. The first kappa shape index (κ1) is 18.9. The van der Waals surface area contributed by atoms with Crippen LogP contribution in [-0.4, -0.2) is 16.7 Å². The summed E-state index contributed by atoms with van der Waals surface area (Å²) in [4.78, 5) is 12.1. The van der Waals surface area contributed by atoms with Gasteiger partial charge in [0.25, 0.3) is 5.91 Å². The molecule has 0 radical (unpaired) electrons. The van der Waals surface area contributed by atoms with Gasteiger partial charge in [-0.2, -0.15) is 5.10 Å². The number of carbonyl (C=O) groups is 1. The van der Waals surface area contributed by atoms with E-state index in [1.54, 1.807) is 30.5 Å². The van der Waals surface area contributed by atoms with E-state index in [0.717, 1.165) is 17.0 Å². The van der Waals surface area contributed by atoms with Crippen LogP contribution in [0.3, 0.4) is 0 Å². The summed E-state index contributed by atoms with van der Waals surface area (Å²) in [6.45, 7) is 8.35. The quantitative estimate of drug-likeness (QED) is 0.495. The minimum absolute atomic E-state index is 0.272. The minimum Gasteiger partial charge on any atom is -0.317 e. The van der Waals surface area contributed by atoms with Gasteiger partial charge in [-0.3, -0.25) is 4.79 Å². The van der Waals surface area contributed by atoms with Crippen LogP contribution in [-0.2, 0) is 0 Å². The highest BCUT2D eigenvalue weighted by atomic mass is 35.5. The largest absolute Gasteiger partial charge is 0.317 e. The number of hydrogen-bond acceptors (Lipinski definition) is 2. The number of nitrogens with one attached hydrogen (secondary N) is 1. The smallest absolute Gasteiger partial charge is 0.271 e. The van der Waals surface area contributed by atoms with E-state index in [1.807, 2.05) is 0 Å². The summed E-state index contributed by atoms with van der Waals surface area (Å²) in [5, 5.41) is 4.71. The van der Waals surface area contributed by atoms with E-state index in [1.165, 1.54) is 16.8 Å². The first-order valence-electron chi connectivity index (χ1n) is 8.73. The van der Waals surface area contributed by atoms with Crippen molar-refractivity contribution in [2.24, 2.45) is 5.10 Å². The molecular formula is C22H22ClN3O. The molecule has 27 heavy (non-hydrogen) atoms. The van der Waals surface area contributed by atoms with Crippen molar-refractivity contribution in [1.29, 1.82) is 0 Å². The van der Waals surface area contributed by atoms with Gasteiger partial charge in [-0.1, -0.05) is 29.8 Å². The number of hydrazone groups is 1. The Morgan fingerprint density at radius 2 is 1.67 bits per heavy atom. The molecule has 0 aliphatic carbocycles. The molecule has 1 heterocycles. The number of benzene rings is 2. The highest BCUT2D eigenvalue weighted by molar-refractivity contribution is 6.30. The number of nitrogens with zero attached hydrogens (tertiary/aromatic N) is 2. The maximum absolute atomic E-state index is 12.1. The Labute approximate surface area is 164 Å². The van der Waals surface area contributed by atoms with Crippen LogP contribution in [0.5, 0.6) is 0 Å². The van der Waals surface area contributed by atoms with Crippen molar-refractivity contribution in [2.75, 3.05) is 0 Å². The van der Waals surface area contributed by atoms with E-state index < -0.39 is 0 Å². The van der Waals surface area contributed by atoms with Crippen LogP contribution in [0.15, 0.2) is 53.6 Å². The van der Waals surface area contributed by atoms with Gasteiger partial charge >= 0.3 is 0 Å². The fourth-order valence-electron chi connectivity index (χ4n) is 3.25. The first-order valence-corrected chi connectivity index (χ1v) is 9.11. The molecule has 0 fully saturated rings. The maximum Gasteiger partial charge on any atom is 0.271 e. The van der Waals surface area contributed by atoms with E-state index in [2.05, 4.69) is 67.1 Å². The molecule has 0 spiro atoms. The molecule has 3 rings (SSSR count). The minimum atomic E-state index is -0.272. The van der Waals surface area contributed by atoms with Gasteiger partial charge in [0.05, 0.1) is 11.9 Å². The number of carbonyl (C=O) groups excluding carboxylic acids is 1. The zero-order valence-electron chi connectivity index (χ0n) is 15.9. The summed E-state index contributed by atoms with van der Waals surface area (Å²) >= 11 is 5.84. The number of aryl methyl sites for hydroxylation is 3. The Morgan fingerprint density at radius 1 is 1.04 bits per heavy atom. The van der Waals surface area contributed by atoms with Crippen molar-refractivity contribution >= 4 is 23.7 Å². The van der Waals surface area contributed by atoms with Crippen molar-refractivity contribution < 1.29 is 4.79 Å². The molecule has 1 amide bonds. The van der Waals surface area contributed by atoms with E-state index in [4.69, 9.17) is 11.6 Å². The third-order valence-electron chi connectivity index (χ3n) is 4.61. The topological polar surface area (TPSA) is 46.4 Å². The van der Waals surface area contributed by atoms with Gasteiger partial charge in [-0.05, 0) is 69.2 Å². The number of rotatable bonds is 4. The molecular weight excluding hydrogens is 358 g/mol. The van der Waals surface area contributed by atoms with Crippen molar-refractivity contribution in [3.8, 4) is 5.69 Å². The van der Waals surface area contributed by atoms with Gasteiger partial charge in [-0.25, -0.2) is 5.43 Å². The summed E-state index contributed by atoms with van der Waals surface area (Å²) in [7, 11) is 0. The number of aromatic nitrogens is 1. The number of halogens is 1. The van der Waals surface area contributed by atoms with Crippen LogP contribution in [0.4, 0.5) is 0 Å². The second-order valence-corrected chi connectivity index (χ2v) is 7.04. The maximum atomic E-state index is 12.1. The lowest BCUT2D eigenvalue weighted by Gasteiger charge is -2.15. The highest BCUT2D eigenvalue weighted by Crippen LogP contribution is 2.25. The summed E-state index contributed by atoms with van der Waals surface area (Å²) in [5.74, 6) is -0.272.